The van der Waals surface area contributed by atoms with E-state index in [-0.39, 0.29) is 11.8 Å². The van der Waals surface area contributed by atoms with Crippen molar-refractivity contribution in [3.63, 3.8) is 0 Å². The van der Waals surface area contributed by atoms with Crippen LogP contribution in [0.25, 0.3) is 10.2 Å². The highest BCUT2D eigenvalue weighted by Crippen LogP contribution is 2.32. The number of benzene rings is 1. The number of hydrogen-bond donors (Lipinski definition) is 1. The molecule has 1 unspecified atom stereocenters. The number of aryl methyl sites for hydroxylation is 1. The van der Waals surface area contributed by atoms with E-state index < -0.39 is 0 Å². The lowest BCUT2D eigenvalue weighted by Gasteiger charge is -2.33. The molecule has 4 rings (SSSR count). The molecule has 3 aromatic rings. The third kappa shape index (κ3) is 4.17. The topological polar surface area (TPSA) is 58.1 Å². The number of hydrogen-bond acceptors (Lipinski definition) is 5. The molecule has 2 aromatic heterocycles. The number of piperidine rings is 1. The van der Waals surface area contributed by atoms with Gasteiger partial charge in [-0.2, -0.15) is 0 Å². The molecule has 5 nitrogen and oxygen atoms in total. The van der Waals surface area contributed by atoms with Crippen LogP contribution in [-0.2, 0) is 17.6 Å². The minimum atomic E-state index is 0.0128. The Labute approximate surface area is 169 Å². The number of carbonyl (C=O) groups is 1. The summed E-state index contributed by atoms with van der Waals surface area (Å²) in [6.07, 6.45) is 5.47. The summed E-state index contributed by atoms with van der Waals surface area (Å²) in [5.74, 6) is 1.15. The van der Waals surface area contributed by atoms with Crippen LogP contribution in [0.2, 0.25) is 0 Å². The second-order valence-corrected chi connectivity index (χ2v) is 8.41. The molecule has 1 aliphatic rings. The Hall–Kier alpha value is -2.47. The van der Waals surface area contributed by atoms with E-state index in [9.17, 15) is 4.79 Å². The summed E-state index contributed by atoms with van der Waals surface area (Å²) in [6.45, 7) is 4.51. The molecular formula is C22H26N4OS. The van der Waals surface area contributed by atoms with Gasteiger partial charge in [0.2, 0.25) is 5.91 Å². The van der Waals surface area contributed by atoms with Gasteiger partial charge >= 0.3 is 0 Å². The SMILES string of the molecule is CCc1cc2c(N3CCCC(C(=O)NCCc4ccccc4)C3)ncnc2s1. The summed E-state index contributed by atoms with van der Waals surface area (Å²) >= 11 is 1.73. The van der Waals surface area contributed by atoms with Gasteiger partial charge in [-0.15, -0.1) is 11.3 Å². The van der Waals surface area contributed by atoms with Crippen molar-refractivity contribution < 1.29 is 4.79 Å². The molecule has 1 saturated heterocycles. The van der Waals surface area contributed by atoms with Gasteiger partial charge in [-0.25, -0.2) is 9.97 Å². The third-order valence-corrected chi connectivity index (χ3v) is 6.54. The standard InChI is InChI=1S/C22H26N4OS/c1-2-18-13-19-20(24-15-25-22(19)28-18)26-12-6-9-17(14-26)21(27)23-11-10-16-7-4-3-5-8-16/h3-5,7-8,13,15,17H,2,6,9-12,14H2,1H3,(H,23,27). The average Bonchev–Trinajstić information content (AvgIpc) is 3.18. The molecule has 1 atom stereocenters. The first kappa shape index (κ1) is 18.9. The Balaban J connectivity index is 1.40. The van der Waals surface area contributed by atoms with E-state index in [4.69, 9.17) is 0 Å². The monoisotopic (exact) mass is 394 g/mol. The van der Waals surface area contributed by atoms with E-state index in [0.717, 1.165) is 54.8 Å². The number of amides is 1. The van der Waals surface area contributed by atoms with Crippen LogP contribution < -0.4 is 10.2 Å². The Morgan fingerprint density at radius 3 is 2.96 bits per heavy atom. The Kier molecular flexibility index (Phi) is 5.86. The van der Waals surface area contributed by atoms with Gasteiger partial charge < -0.3 is 10.2 Å². The van der Waals surface area contributed by atoms with Crippen molar-refractivity contribution in [3.8, 4) is 0 Å². The molecule has 1 fully saturated rings. The number of fused-ring (bicyclic) bond motifs is 1. The summed E-state index contributed by atoms with van der Waals surface area (Å²) in [4.78, 5) is 26.3. The van der Waals surface area contributed by atoms with E-state index >= 15 is 0 Å². The largest absolute Gasteiger partial charge is 0.355 e. The lowest BCUT2D eigenvalue weighted by molar-refractivity contribution is -0.125. The van der Waals surface area contributed by atoms with Crippen LogP contribution in [0, 0.1) is 5.92 Å². The summed E-state index contributed by atoms with van der Waals surface area (Å²) in [7, 11) is 0. The summed E-state index contributed by atoms with van der Waals surface area (Å²) in [6, 6.07) is 12.5. The van der Waals surface area contributed by atoms with Crippen LogP contribution in [0.15, 0.2) is 42.7 Å². The highest BCUT2D eigenvalue weighted by Gasteiger charge is 2.27. The highest BCUT2D eigenvalue weighted by atomic mass is 32.1. The minimum Gasteiger partial charge on any atom is -0.355 e. The molecule has 0 spiro atoms. The van der Waals surface area contributed by atoms with E-state index in [1.54, 1.807) is 17.7 Å². The van der Waals surface area contributed by atoms with Gasteiger partial charge in [0.15, 0.2) is 0 Å². The van der Waals surface area contributed by atoms with Gasteiger partial charge in [0.1, 0.15) is 17.0 Å². The Morgan fingerprint density at radius 1 is 1.29 bits per heavy atom. The van der Waals surface area contributed by atoms with Crippen LogP contribution in [0.5, 0.6) is 0 Å². The summed E-state index contributed by atoms with van der Waals surface area (Å²) < 4.78 is 0. The maximum Gasteiger partial charge on any atom is 0.224 e. The number of aromatic nitrogens is 2. The fourth-order valence-corrected chi connectivity index (χ4v) is 4.75. The second-order valence-electron chi connectivity index (χ2n) is 7.29. The average molecular weight is 395 g/mol. The Morgan fingerprint density at radius 2 is 2.14 bits per heavy atom. The summed E-state index contributed by atoms with van der Waals surface area (Å²) in [5.41, 5.74) is 1.25. The number of rotatable bonds is 6. The van der Waals surface area contributed by atoms with Gasteiger partial charge in [0.05, 0.1) is 11.3 Å². The molecule has 1 N–H and O–H groups in total. The molecule has 0 saturated carbocycles. The molecule has 146 valence electrons. The zero-order chi connectivity index (χ0) is 19.3. The number of thiophene rings is 1. The van der Waals surface area contributed by atoms with Crippen molar-refractivity contribution in [2.75, 3.05) is 24.5 Å². The van der Waals surface area contributed by atoms with Crippen LogP contribution in [-0.4, -0.2) is 35.5 Å². The maximum atomic E-state index is 12.7. The second kappa shape index (κ2) is 8.69. The van der Waals surface area contributed by atoms with Crippen LogP contribution in [0.1, 0.15) is 30.2 Å². The quantitative estimate of drug-likeness (QED) is 0.690. The number of anilines is 1. The molecule has 0 aliphatic carbocycles. The normalized spacial score (nSPS) is 17.0. The van der Waals surface area contributed by atoms with Crippen LogP contribution in [0.3, 0.4) is 0 Å². The van der Waals surface area contributed by atoms with Crippen LogP contribution in [0.4, 0.5) is 5.82 Å². The van der Waals surface area contributed by atoms with E-state index in [1.165, 1.54) is 10.4 Å². The summed E-state index contributed by atoms with van der Waals surface area (Å²) in [5, 5.41) is 4.25. The lowest BCUT2D eigenvalue weighted by Crippen LogP contribution is -2.43. The highest BCUT2D eigenvalue weighted by molar-refractivity contribution is 7.18. The predicted octanol–water partition coefficient (Wildman–Crippen LogP) is 3.83. The first-order valence-corrected chi connectivity index (χ1v) is 10.9. The molecule has 28 heavy (non-hydrogen) atoms. The Bertz CT molecular complexity index is 940. The number of carbonyl (C=O) groups excluding carboxylic acids is 1. The smallest absolute Gasteiger partial charge is 0.224 e. The van der Waals surface area contributed by atoms with E-state index in [2.05, 4.69) is 45.3 Å². The van der Waals surface area contributed by atoms with Crippen LogP contribution >= 0.6 is 11.3 Å². The van der Waals surface area contributed by atoms with Crippen molar-refractivity contribution in [1.82, 2.24) is 15.3 Å². The number of nitrogens with one attached hydrogen (secondary N) is 1. The predicted molar refractivity (Wildman–Crippen MR) is 115 cm³/mol. The number of nitrogens with zero attached hydrogens (tertiary/aromatic N) is 3. The molecule has 3 heterocycles. The third-order valence-electron chi connectivity index (χ3n) is 5.36. The van der Waals surface area contributed by atoms with Crippen molar-refractivity contribution in [2.45, 2.75) is 32.6 Å². The van der Waals surface area contributed by atoms with E-state index in [0.29, 0.717) is 6.54 Å². The minimum absolute atomic E-state index is 0.0128. The van der Waals surface area contributed by atoms with Crippen molar-refractivity contribution >= 4 is 33.3 Å². The zero-order valence-electron chi connectivity index (χ0n) is 16.2. The fraction of sp³-hybridized carbons (Fsp3) is 0.409. The first-order chi connectivity index (χ1) is 13.7. The van der Waals surface area contributed by atoms with Gasteiger partial charge in [-0.05, 0) is 37.3 Å². The molecule has 6 heteroatoms. The van der Waals surface area contributed by atoms with Gasteiger partial charge in [0.25, 0.3) is 0 Å². The molecule has 1 amide bonds. The van der Waals surface area contributed by atoms with Crippen molar-refractivity contribution in [3.05, 3.63) is 53.2 Å². The molecular weight excluding hydrogens is 368 g/mol. The van der Waals surface area contributed by atoms with Gasteiger partial charge in [0, 0.05) is 24.5 Å². The van der Waals surface area contributed by atoms with Gasteiger partial charge in [-0.3, -0.25) is 4.79 Å². The van der Waals surface area contributed by atoms with Gasteiger partial charge in [-0.1, -0.05) is 37.3 Å². The molecule has 0 radical (unpaired) electrons. The van der Waals surface area contributed by atoms with Crippen molar-refractivity contribution in [2.24, 2.45) is 5.92 Å². The maximum absolute atomic E-state index is 12.7. The molecule has 1 aliphatic heterocycles. The fourth-order valence-electron chi connectivity index (χ4n) is 3.82. The molecule has 1 aromatic carbocycles. The lowest BCUT2D eigenvalue weighted by atomic mass is 9.97. The van der Waals surface area contributed by atoms with Crippen molar-refractivity contribution in [1.29, 1.82) is 0 Å². The molecule has 0 bridgehead atoms. The van der Waals surface area contributed by atoms with E-state index in [1.807, 2.05) is 18.2 Å². The zero-order valence-corrected chi connectivity index (χ0v) is 17.0. The first-order valence-electron chi connectivity index (χ1n) is 10.0.